The largest absolute Gasteiger partial charge is 0.457 e. The fraction of sp³-hybridized carbons (Fsp3) is 0.478. The monoisotopic (exact) mass is 425 g/mol. The first-order valence-corrected chi connectivity index (χ1v) is 11.7. The molecule has 7 heteroatoms. The van der Waals surface area contributed by atoms with Crippen LogP contribution in [0.4, 0.5) is 0 Å². The minimum atomic E-state index is 0.465. The molecule has 0 atom stereocenters. The van der Waals surface area contributed by atoms with Crippen LogP contribution in [0, 0.1) is 0 Å². The zero-order valence-corrected chi connectivity index (χ0v) is 18.8. The van der Waals surface area contributed by atoms with Crippen molar-refractivity contribution >= 4 is 27.5 Å². The number of para-hydroxylation sites is 1. The Labute approximate surface area is 182 Å². The van der Waals surface area contributed by atoms with Crippen molar-refractivity contribution in [2.45, 2.75) is 52.2 Å². The van der Waals surface area contributed by atoms with Gasteiger partial charge in [0.2, 0.25) is 0 Å². The van der Waals surface area contributed by atoms with E-state index in [2.05, 4.69) is 47.4 Å². The van der Waals surface area contributed by atoms with E-state index in [9.17, 15) is 0 Å². The van der Waals surface area contributed by atoms with Crippen LogP contribution in [0.3, 0.4) is 0 Å². The van der Waals surface area contributed by atoms with E-state index in [-0.39, 0.29) is 0 Å². The van der Waals surface area contributed by atoms with Crippen LogP contribution >= 0.6 is 11.3 Å². The molecule has 0 spiro atoms. The smallest absolute Gasteiger partial charge is 0.191 e. The minimum Gasteiger partial charge on any atom is -0.457 e. The molecule has 4 rings (SSSR count). The molecule has 0 aliphatic carbocycles. The Kier molecular flexibility index (Phi) is 6.69. The van der Waals surface area contributed by atoms with Crippen LogP contribution in [0.1, 0.15) is 39.4 Å². The van der Waals surface area contributed by atoms with Gasteiger partial charge < -0.3 is 20.0 Å². The van der Waals surface area contributed by atoms with Gasteiger partial charge in [-0.05, 0) is 57.9 Å². The maximum Gasteiger partial charge on any atom is 0.191 e. The van der Waals surface area contributed by atoms with Crippen LogP contribution in [-0.2, 0) is 6.54 Å². The van der Waals surface area contributed by atoms with Crippen molar-refractivity contribution in [1.82, 2.24) is 20.5 Å². The summed E-state index contributed by atoms with van der Waals surface area (Å²) in [5.41, 5.74) is 1.01. The summed E-state index contributed by atoms with van der Waals surface area (Å²) in [4.78, 5) is 12.0. The molecule has 1 aromatic carbocycles. The fourth-order valence-corrected chi connectivity index (χ4v) is 4.71. The van der Waals surface area contributed by atoms with Gasteiger partial charge in [-0.2, -0.15) is 0 Å². The van der Waals surface area contributed by atoms with Gasteiger partial charge in [-0.3, -0.25) is 0 Å². The lowest BCUT2D eigenvalue weighted by Gasteiger charge is -2.35. The van der Waals surface area contributed by atoms with Crippen molar-refractivity contribution in [2.75, 3.05) is 19.6 Å². The molecule has 1 fully saturated rings. The summed E-state index contributed by atoms with van der Waals surface area (Å²) in [6, 6.07) is 13.2. The predicted octanol–water partition coefficient (Wildman–Crippen LogP) is 4.48. The topological polar surface area (TPSA) is 65.7 Å². The lowest BCUT2D eigenvalue weighted by Crippen LogP contribution is -2.49. The van der Waals surface area contributed by atoms with Gasteiger partial charge in [0.05, 0.1) is 10.2 Å². The number of rotatable bonds is 6. The van der Waals surface area contributed by atoms with Gasteiger partial charge in [0.1, 0.15) is 12.3 Å². The molecule has 2 N–H and O–H groups in total. The average Bonchev–Trinajstić information content (AvgIpc) is 3.39. The Morgan fingerprint density at radius 3 is 2.77 bits per heavy atom. The SMILES string of the molecule is CCNC(=NCc1ccc(-c2nc3ccccc3s2)o1)NC1CCN(C(C)C)CC1. The molecule has 160 valence electrons. The highest BCUT2D eigenvalue weighted by atomic mass is 32.1. The number of hydrogen-bond acceptors (Lipinski definition) is 5. The molecule has 1 aliphatic heterocycles. The summed E-state index contributed by atoms with van der Waals surface area (Å²) in [7, 11) is 0. The molecule has 3 heterocycles. The van der Waals surface area contributed by atoms with Gasteiger partial charge >= 0.3 is 0 Å². The Hall–Kier alpha value is -2.38. The van der Waals surface area contributed by atoms with Crippen LogP contribution < -0.4 is 10.6 Å². The highest BCUT2D eigenvalue weighted by molar-refractivity contribution is 7.21. The molecule has 0 saturated carbocycles. The predicted molar refractivity (Wildman–Crippen MR) is 125 cm³/mol. The standard InChI is InChI=1S/C23H31N5OS/c1-4-24-23(26-17-11-13-28(14-12-17)16(2)3)25-15-18-9-10-20(29-18)22-27-19-7-5-6-8-21(19)30-22/h5-10,16-17H,4,11-15H2,1-3H3,(H2,24,25,26). The van der Waals surface area contributed by atoms with Crippen LogP contribution in [-0.4, -0.2) is 47.6 Å². The second kappa shape index (κ2) is 9.62. The lowest BCUT2D eigenvalue weighted by molar-refractivity contribution is 0.167. The summed E-state index contributed by atoms with van der Waals surface area (Å²) in [5, 5.41) is 7.88. The molecule has 0 radical (unpaired) electrons. The molecule has 1 aliphatic rings. The number of guanidine groups is 1. The Morgan fingerprint density at radius 1 is 1.23 bits per heavy atom. The third-order valence-electron chi connectivity index (χ3n) is 5.50. The summed E-state index contributed by atoms with van der Waals surface area (Å²) in [6.45, 7) is 10.3. The van der Waals surface area contributed by atoms with E-state index in [4.69, 9.17) is 9.41 Å². The first-order chi connectivity index (χ1) is 14.6. The van der Waals surface area contributed by atoms with Crippen molar-refractivity contribution in [2.24, 2.45) is 4.99 Å². The molecule has 0 unspecified atom stereocenters. The number of nitrogens with one attached hydrogen (secondary N) is 2. The molecular weight excluding hydrogens is 394 g/mol. The number of aromatic nitrogens is 1. The van der Waals surface area contributed by atoms with Crippen LogP contribution in [0.2, 0.25) is 0 Å². The fourth-order valence-electron chi connectivity index (χ4n) is 3.79. The van der Waals surface area contributed by atoms with Gasteiger partial charge in [-0.1, -0.05) is 12.1 Å². The summed E-state index contributed by atoms with van der Waals surface area (Å²) >= 11 is 1.65. The summed E-state index contributed by atoms with van der Waals surface area (Å²) in [6.07, 6.45) is 2.29. The van der Waals surface area contributed by atoms with Crippen molar-refractivity contribution in [3.8, 4) is 10.8 Å². The number of fused-ring (bicyclic) bond motifs is 1. The number of benzene rings is 1. The maximum absolute atomic E-state index is 6.04. The van der Waals surface area contributed by atoms with Gasteiger partial charge in [-0.15, -0.1) is 11.3 Å². The number of thiazole rings is 1. The van der Waals surface area contributed by atoms with Crippen LogP contribution in [0.15, 0.2) is 45.8 Å². The molecule has 30 heavy (non-hydrogen) atoms. The Bertz CT molecular complexity index is 951. The number of likely N-dealkylation sites (tertiary alicyclic amines) is 1. The van der Waals surface area contributed by atoms with Gasteiger partial charge in [-0.25, -0.2) is 9.98 Å². The first kappa shape index (κ1) is 20.9. The van der Waals surface area contributed by atoms with Crippen molar-refractivity contribution in [3.63, 3.8) is 0 Å². The normalized spacial score (nSPS) is 16.5. The molecule has 2 aromatic heterocycles. The van der Waals surface area contributed by atoms with E-state index in [1.165, 1.54) is 4.70 Å². The quantitative estimate of drug-likeness (QED) is 0.450. The highest BCUT2D eigenvalue weighted by Crippen LogP contribution is 2.31. The minimum absolute atomic E-state index is 0.465. The molecule has 3 aromatic rings. The number of furan rings is 1. The third-order valence-corrected chi connectivity index (χ3v) is 6.56. The molecule has 0 amide bonds. The maximum atomic E-state index is 6.04. The zero-order valence-electron chi connectivity index (χ0n) is 18.0. The molecule has 1 saturated heterocycles. The van der Waals surface area contributed by atoms with E-state index in [1.54, 1.807) is 11.3 Å². The number of hydrogen-bond donors (Lipinski definition) is 2. The van der Waals surface area contributed by atoms with Crippen molar-refractivity contribution in [1.29, 1.82) is 0 Å². The van der Waals surface area contributed by atoms with E-state index < -0.39 is 0 Å². The van der Waals surface area contributed by atoms with E-state index in [0.717, 1.165) is 60.5 Å². The third kappa shape index (κ3) is 5.02. The van der Waals surface area contributed by atoms with Gasteiger partial charge in [0.25, 0.3) is 0 Å². The van der Waals surface area contributed by atoms with Crippen molar-refractivity contribution in [3.05, 3.63) is 42.2 Å². The Morgan fingerprint density at radius 2 is 2.03 bits per heavy atom. The number of piperidine rings is 1. The number of nitrogens with zero attached hydrogens (tertiary/aromatic N) is 3. The summed E-state index contributed by atoms with van der Waals surface area (Å²) in [5.74, 6) is 2.51. The summed E-state index contributed by atoms with van der Waals surface area (Å²) < 4.78 is 7.21. The van der Waals surface area contributed by atoms with Crippen LogP contribution in [0.5, 0.6) is 0 Å². The lowest BCUT2D eigenvalue weighted by atomic mass is 10.0. The number of aliphatic imine (C=N–C) groups is 1. The molecule has 0 bridgehead atoms. The second-order valence-electron chi connectivity index (χ2n) is 8.00. The second-order valence-corrected chi connectivity index (χ2v) is 9.03. The average molecular weight is 426 g/mol. The Balaban J connectivity index is 1.38. The molecular formula is C23H31N5OS. The van der Waals surface area contributed by atoms with Crippen molar-refractivity contribution < 1.29 is 4.42 Å². The first-order valence-electron chi connectivity index (χ1n) is 10.9. The van der Waals surface area contributed by atoms with E-state index >= 15 is 0 Å². The van der Waals surface area contributed by atoms with Gasteiger partial charge in [0, 0.05) is 31.7 Å². The van der Waals surface area contributed by atoms with Crippen LogP contribution in [0.25, 0.3) is 21.0 Å². The van der Waals surface area contributed by atoms with Gasteiger partial charge in [0.15, 0.2) is 16.7 Å². The highest BCUT2D eigenvalue weighted by Gasteiger charge is 2.21. The van der Waals surface area contributed by atoms with E-state index in [0.29, 0.717) is 18.6 Å². The molecule has 6 nitrogen and oxygen atoms in total. The van der Waals surface area contributed by atoms with E-state index in [1.807, 2.05) is 30.3 Å². The zero-order chi connectivity index (χ0) is 20.9.